The summed E-state index contributed by atoms with van der Waals surface area (Å²) >= 11 is 0. The molecule has 1 saturated heterocycles. The number of carboxylic acid groups (broad SMARTS) is 1. The third-order valence-corrected chi connectivity index (χ3v) is 8.17. The van der Waals surface area contributed by atoms with Gasteiger partial charge in [0.1, 0.15) is 35.7 Å². The van der Waals surface area contributed by atoms with E-state index in [4.69, 9.17) is 14.7 Å². The molecule has 0 saturated carbocycles. The van der Waals surface area contributed by atoms with Crippen molar-refractivity contribution in [3.8, 4) is 23.2 Å². The number of aromatic carboxylic acids is 1. The van der Waals surface area contributed by atoms with E-state index in [0.29, 0.717) is 6.61 Å². The molecule has 5 aromatic rings. The van der Waals surface area contributed by atoms with E-state index in [-0.39, 0.29) is 63.7 Å². The fourth-order valence-electron chi connectivity index (χ4n) is 5.65. The molecule has 2 aromatic heterocycles. The van der Waals surface area contributed by atoms with E-state index in [1.54, 1.807) is 10.6 Å². The van der Waals surface area contributed by atoms with Crippen molar-refractivity contribution >= 4 is 17.0 Å². The molecule has 1 atom stereocenters. The first kappa shape index (κ1) is 31.6. The quantitative estimate of drug-likeness (QED) is 0.178. The molecule has 0 bridgehead atoms. The lowest BCUT2D eigenvalue weighted by molar-refractivity contribution is 0.0696. The molecule has 3 aromatic carbocycles. The highest BCUT2D eigenvalue weighted by Gasteiger charge is 2.39. The second kappa shape index (κ2) is 12.1. The van der Waals surface area contributed by atoms with Gasteiger partial charge in [0.2, 0.25) is 5.88 Å². The van der Waals surface area contributed by atoms with Crippen LogP contribution in [0.15, 0.2) is 54.6 Å². The largest absolute Gasteiger partial charge is 0.478 e. The van der Waals surface area contributed by atoms with Crippen molar-refractivity contribution in [1.82, 2.24) is 14.5 Å². The van der Waals surface area contributed by atoms with Gasteiger partial charge >= 0.3 is 5.97 Å². The highest BCUT2D eigenvalue weighted by Crippen LogP contribution is 2.41. The first-order chi connectivity index (χ1) is 22.4. The zero-order valence-electron chi connectivity index (χ0n) is 25.0. The van der Waals surface area contributed by atoms with Gasteiger partial charge in [-0.05, 0) is 42.0 Å². The van der Waals surface area contributed by atoms with Gasteiger partial charge in [0.15, 0.2) is 17.5 Å². The average molecular weight is 649 g/mol. The van der Waals surface area contributed by atoms with Crippen molar-refractivity contribution in [2.45, 2.75) is 32.9 Å². The van der Waals surface area contributed by atoms with Gasteiger partial charge in [-0.3, -0.25) is 0 Å². The molecule has 13 heteroatoms. The highest BCUT2D eigenvalue weighted by molar-refractivity contribution is 5.93. The molecular formula is C34H25F5N4O4. The van der Waals surface area contributed by atoms with Crippen molar-refractivity contribution < 1.29 is 41.3 Å². The molecule has 0 unspecified atom stereocenters. The van der Waals surface area contributed by atoms with Crippen molar-refractivity contribution in [2.75, 3.05) is 13.2 Å². The number of hydrogen-bond acceptors (Lipinski definition) is 6. The number of carbonyl (C=O) groups is 1. The minimum absolute atomic E-state index is 0.00250. The van der Waals surface area contributed by atoms with Crippen LogP contribution < -0.4 is 4.74 Å². The van der Waals surface area contributed by atoms with Gasteiger partial charge in [-0.15, -0.1) is 0 Å². The summed E-state index contributed by atoms with van der Waals surface area (Å²) in [7, 11) is 0. The molecule has 8 nitrogen and oxygen atoms in total. The third kappa shape index (κ3) is 5.88. The molecule has 0 spiro atoms. The number of nitriles is 1. The van der Waals surface area contributed by atoms with Crippen LogP contribution in [0.4, 0.5) is 22.0 Å². The number of aromatic nitrogens is 3. The Balaban J connectivity index is 1.32. The molecule has 1 fully saturated rings. The Morgan fingerprint density at radius 2 is 1.81 bits per heavy atom. The molecule has 47 heavy (non-hydrogen) atoms. The van der Waals surface area contributed by atoms with E-state index in [1.165, 1.54) is 30.3 Å². The normalized spacial score (nSPS) is 15.6. The molecule has 0 aliphatic carbocycles. The number of benzene rings is 3. The van der Waals surface area contributed by atoms with E-state index in [0.717, 1.165) is 24.3 Å². The summed E-state index contributed by atoms with van der Waals surface area (Å²) < 4.78 is 87.4. The third-order valence-electron chi connectivity index (χ3n) is 8.17. The maximum atomic E-state index is 15.6. The van der Waals surface area contributed by atoms with Crippen LogP contribution in [0.3, 0.4) is 0 Å². The number of imidazole rings is 1. The van der Waals surface area contributed by atoms with Crippen molar-refractivity contribution in [1.29, 1.82) is 5.26 Å². The average Bonchev–Trinajstić information content (AvgIpc) is 3.57. The molecule has 0 radical (unpaired) electrons. The molecule has 240 valence electrons. The van der Waals surface area contributed by atoms with E-state index in [2.05, 4.69) is 9.97 Å². The lowest BCUT2D eigenvalue weighted by Gasteiger charge is -2.28. The summed E-state index contributed by atoms with van der Waals surface area (Å²) in [6.07, 6.45) is -0.255. The van der Waals surface area contributed by atoms with Gasteiger partial charge in [-0.1, -0.05) is 26.0 Å². The number of carboxylic acids is 1. The first-order valence-corrected chi connectivity index (χ1v) is 14.3. The van der Waals surface area contributed by atoms with Gasteiger partial charge in [0, 0.05) is 29.0 Å². The van der Waals surface area contributed by atoms with Crippen molar-refractivity contribution in [3.63, 3.8) is 0 Å². The zero-order valence-corrected chi connectivity index (χ0v) is 25.0. The maximum Gasteiger partial charge on any atom is 0.335 e. The van der Waals surface area contributed by atoms with Gasteiger partial charge in [0.05, 0.1) is 41.6 Å². The second-order valence-corrected chi connectivity index (χ2v) is 11.8. The summed E-state index contributed by atoms with van der Waals surface area (Å²) in [6, 6.07) is 11.8. The Kier molecular flexibility index (Phi) is 8.15. The fraction of sp³-hybridized carbons (Fsp3) is 0.235. The summed E-state index contributed by atoms with van der Waals surface area (Å²) in [5.41, 5.74) is -1.59. The molecule has 6 rings (SSSR count). The molecule has 3 heterocycles. The van der Waals surface area contributed by atoms with Crippen LogP contribution in [0.5, 0.6) is 5.88 Å². The summed E-state index contributed by atoms with van der Waals surface area (Å²) in [5, 5.41) is 18.4. The maximum absolute atomic E-state index is 15.6. The van der Waals surface area contributed by atoms with Crippen molar-refractivity contribution in [3.05, 3.63) is 112 Å². The monoisotopic (exact) mass is 648 g/mol. The number of hydrogen-bond donors (Lipinski definition) is 1. The van der Waals surface area contributed by atoms with Gasteiger partial charge in [-0.2, -0.15) is 5.26 Å². The molecule has 1 aliphatic heterocycles. The van der Waals surface area contributed by atoms with Crippen molar-refractivity contribution in [2.24, 2.45) is 5.41 Å². The Hall–Kier alpha value is -5.35. The number of fused-ring (bicyclic) bond motifs is 1. The number of rotatable bonds is 8. The van der Waals surface area contributed by atoms with Crippen LogP contribution in [0, 0.1) is 45.8 Å². The summed E-state index contributed by atoms with van der Waals surface area (Å²) in [4.78, 5) is 20.3. The minimum atomic E-state index is -1.33. The smallest absolute Gasteiger partial charge is 0.335 e. The van der Waals surface area contributed by atoms with Gasteiger partial charge in [0.25, 0.3) is 0 Å². The predicted molar refractivity (Wildman–Crippen MR) is 158 cm³/mol. The topological polar surface area (TPSA) is 110 Å². The number of halogens is 5. The Labute approximate surface area is 264 Å². The first-order valence-electron chi connectivity index (χ1n) is 14.3. The van der Waals surface area contributed by atoms with E-state index >= 15 is 13.2 Å². The van der Waals surface area contributed by atoms with Crippen LogP contribution in [-0.4, -0.2) is 38.8 Å². The number of ether oxygens (including phenoxy) is 2. The van der Waals surface area contributed by atoms with E-state index in [9.17, 15) is 18.7 Å². The Morgan fingerprint density at radius 1 is 1.02 bits per heavy atom. The van der Waals surface area contributed by atoms with Gasteiger partial charge < -0.3 is 19.1 Å². The van der Waals surface area contributed by atoms with Crippen LogP contribution in [-0.2, 0) is 17.8 Å². The lowest BCUT2D eigenvalue weighted by atomic mass is 9.87. The van der Waals surface area contributed by atoms with E-state index in [1.807, 2.05) is 13.8 Å². The minimum Gasteiger partial charge on any atom is -0.478 e. The van der Waals surface area contributed by atoms with Crippen LogP contribution in [0.2, 0.25) is 0 Å². The molecule has 1 aliphatic rings. The Morgan fingerprint density at radius 3 is 2.51 bits per heavy atom. The lowest BCUT2D eigenvalue weighted by Crippen LogP contribution is -2.27. The van der Waals surface area contributed by atoms with Crippen LogP contribution in [0.25, 0.3) is 22.3 Å². The van der Waals surface area contributed by atoms with Crippen LogP contribution >= 0.6 is 0 Å². The molecule has 0 amide bonds. The molecular weight excluding hydrogens is 623 g/mol. The predicted octanol–water partition coefficient (Wildman–Crippen LogP) is 7.13. The standard InChI is InChI=1S/C34H25F5N4O4/c1-34(2)16-46-15-27(34)43-26-10-20(33(44)45)9-24(37)32(26)42-28(43)11-19-8-23(36)21(12-22(19)35)25-4-3-5-29(41-25)47-14-18-7-6-17(13-40)30(38)31(18)39/h3-10,12,27H,11,14-16H2,1-2H3,(H,44,45)/t27-/m1/s1. The Bertz CT molecular complexity index is 2110. The number of nitrogens with zero attached hydrogens (tertiary/aromatic N) is 4. The van der Waals surface area contributed by atoms with Gasteiger partial charge in [-0.25, -0.2) is 36.7 Å². The SMILES string of the molecule is CC1(C)COC[C@H]1n1c(Cc2cc(F)c(-c3cccc(OCc4ccc(C#N)c(F)c4F)n3)cc2F)nc2c(F)cc(C(=O)O)cc21. The van der Waals surface area contributed by atoms with E-state index < -0.39 is 58.7 Å². The zero-order chi connectivity index (χ0) is 33.6. The van der Waals surface area contributed by atoms with Crippen LogP contribution in [0.1, 0.15) is 52.8 Å². The second-order valence-electron chi connectivity index (χ2n) is 11.8. The fourth-order valence-corrected chi connectivity index (χ4v) is 5.65. The summed E-state index contributed by atoms with van der Waals surface area (Å²) in [5.74, 6) is -6.27. The highest BCUT2D eigenvalue weighted by atomic mass is 19.2. The number of pyridine rings is 1. The molecule has 1 N–H and O–H groups in total. The summed E-state index contributed by atoms with van der Waals surface area (Å²) in [6.45, 7) is 3.99.